The molecule has 3 aromatic carbocycles. The number of aromatic nitrogens is 1. The second-order valence-corrected chi connectivity index (χ2v) is 7.21. The Balaban J connectivity index is 1.88. The molecule has 0 aliphatic rings. The Bertz CT molecular complexity index is 1100. The Morgan fingerprint density at radius 1 is 0.815 bits per heavy atom. The van der Waals surface area contributed by atoms with E-state index >= 15 is 0 Å². The van der Waals surface area contributed by atoms with Crippen LogP contribution in [-0.4, -0.2) is 4.57 Å². The zero-order valence-electron chi connectivity index (χ0n) is 14.2. The lowest BCUT2D eigenvalue weighted by Crippen LogP contribution is -2.05. The maximum atomic E-state index is 13.0. The van der Waals surface area contributed by atoms with Crippen molar-refractivity contribution in [3.63, 3.8) is 0 Å². The lowest BCUT2D eigenvalue weighted by atomic mass is 10.1. The van der Waals surface area contributed by atoms with Gasteiger partial charge in [-0.2, -0.15) is 13.2 Å². The molecule has 0 fully saturated rings. The summed E-state index contributed by atoms with van der Waals surface area (Å²) >= 11 is 3.34. The molecule has 0 N–H and O–H groups in total. The number of halogens is 4. The second kappa shape index (κ2) is 6.89. The quantitative estimate of drug-likeness (QED) is 0.326. The highest BCUT2D eigenvalue weighted by atomic mass is 79.9. The lowest BCUT2D eigenvalue weighted by molar-refractivity contribution is -0.137. The fourth-order valence-corrected chi connectivity index (χ4v) is 3.85. The van der Waals surface area contributed by atoms with Crippen molar-refractivity contribution in [1.29, 1.82) is 0 Å². The van der Waals surface area contributed by atoms with E-state index < -0.39 is 11.7 Å². The molecule has 0 aliphatic heterocycles. The van der Waals surface area contributed by atoms with E-state index in [1.54, 1.807) is 0 Å². The number of hydrogen-bond acceptors (Lipinski definition) is 0. The van der Waals surface area contributed by atoms with Crippen LogP contribution in [0.2, 0.25) is 0 Å². The maximum absolute atomic E-state index is 13.0. The highest BCUT2D eigenvalue weighted by Crippen LogP contribution is 2.38. The van der Waals surface area contributed by atoms with Gasteiger partial charge in [-0.1, -0.05) is 70.5 Å². The van der Waals surface area contributed by atoms with Crippen LogP contribution in [0.1, 0.15) is 11.1 Å². The van der Waals surface area contributed by atoms with E-state index in [1.807, 2.05) is 60.7 Å². The maximum Gasteiger partial charge on any atom is 0.416 e. The van der Waals surface area contributed by atoms with Gasteiger partial charge in [0.25, 0.3) is 0 Å². The number of para-hydroxylation sites is 1. The van der Waals surface area contributed by atoms with E-state index in [1.165, 1.54) is 6.07 Å². The molecule has 5 heteroatoms. The minimum absolute atomic E-state index is 0.425. The van der Waals surface area contributed by atoms with E-state index in [9.17, 15) is 13.2 Å². The Labute approximate surface area is 163 Å². The summed E-state index contributed by atoms with van der Waals surface area (Å²) in [6, 6.07) is 23.8. The third-order valence-electron chi connectivity index (χ3n) is 4.57. The molecule has 0 spiro atoms. The molecule has 0 radical (unpaired) electrons. The van der Waals surface area contributed by atoms with Crippen molar-refractivity contribution < 1.29 is 13.2 Å². The van der Waals surface area contributed by atoms with Crippen LogP contribution in [-0.2, 0) is 12.7 Å². The first-order chi connectivity index (χ1) is 12.9. The van der Waals surface area contributed by atoms with Gasteiger partial charge < -0.3 is 4.57 Å². The summed E-state index contributed by atoms with van der Waals surface area (Å²) in [6.07, 6.45) is -4.36. The normalized spacial score (nSPS) is 11.9. The number of alkyl halides is 3. The molecule has 0 atom stereocenters. The van der Waals surface area contributed by atoms with Crippen LogP contribution in [0.25, 0.3) is 22.2 Å². The molecule has 0 unspecified atom stereocenters. The summed E-state index contributed by atoms with van der Waals surface area (Å²) in [7, 11) is 0. The summed E-state index contributed by atoms with van der Waals surface area (Å²) in [4.78, 5) is 0. The molecule has 136 valence electrons. The molecule has 0 amide bonds. The minimum atomic E-state index is -4.36. The largest absolute Gasteiger partial charge is 0.416 e. The number of hydrogen-bond donors (Lipinski definition) is 0. The number of nitrogens with zero attached hydrogens (tertiary/aromatic N) is 1. The SMILES string of the molecule is FC(F)(F)c1ccc(-c2cc3ccccc3n2Cc2ccccc2)c(Br)c1. The van der Waals surface area contributed by atoms with Crippen molar-refractivity contribution in [3.8, 4) is 11.3 Å². The van der Waals surface area contributed by atoms with Crippen molar-refractivity contribution >= 4 is 26.8 Å². The highest BCUT2D eigenvalue weighted by Gasteiger charge is 2.31. The Morgan fingerprint density at radius 3 is 2.22 bits per heavy atom. The molecule has 1 aromatic heterocycles. The monoisotopic (exact) mass is 429 g/mol. The van der Waals surface area contributed by atoms with Crippen molar-refractivity contribution in [2.24, 2.45) is 0 Å². The predicted molar refractivity (Wildman–Crippen MR) is 106 cm³/mol. The third kappa shape index (κ3) is 3.52. The lowest BCUT2D eigenvalue weighted by Gasteiger charge is -2.14. The van der Waals surface area contributed by atoms with Gasteiger partial charge >= 0.3 is 6.18 Å². The first kappa shape index (κ1) is 17.9. The Kier molecular flexibility index (Phi) is 4.56. The predicted octanol–water partition coefficient (Wildman–Crippen LogP) is 7.14. The van der Waals surface area contributed by atoms with Gasteiger partial charge in [0.15, 0.2) is 0 Å². The minimum Gasteiger partial charge on any atom is -0.336 e. The zero-order valence-corrected chi connectivity index (χ0v) is 15.8. The van der Waals surface area contributed by atoms with E-state index in [0.29, 0.717) is 11.0 Å². The molecule has 0 saturated carbocycles. The zero-order chi connectivity index (χ0) is 19.0. The van der Waals surface area contributed by atoms with Crippen LogP contribution in [0.15, 0.2) is 83.3 Å². The molecule has 0 saturated heterocycles. The van der Waals surface area contributed by atoms with Crippen LogP contribution < -0.4 is 0 Å². The van der Waals surface area contributed by atoms with Gasteiger partial charge in [-0.3, -0.25) is 0 Å². The van der Waals surface area contributed by atoms with Crippen LogP contribution in [0, 0.1) is 0 Å². The summed E-state index contributed by atoms with van der Waals surface area (Å²) in [6.45, 7) is 0.636. The van der Waals surface area contributed by atoms with Gasteiger partial charge in [0.2, 0.25) is 0 Å². The number of rotatable bonds is 3. The highest BCUT2D eigenvalue weighted by molar-refractivity contribution is 9.10. The molecule has 1 heterocycles. The smallest absolute Gasteiger partial charge is 0.336 e. The Morgan fingerprint density at radius 2 is 1.52 bits per heavy atom. The van der Waals surface area contributed by atoms with Gasteiger partial charge in [-0.25, -0.2) is 0 Å². The molecule has 1 nitrogen and oxygen atoms in total. The van der Waals surface area contributed by atoms with E-state index in [-0.39, 0.29) is 0 Å². The first-order valence-corrected chi connectivity index (χ1v) is 9.22. The van der Waals surface area contributed by atoms with Gasteiger partial charge in [0.05, 0.1) is 11.3 Å². The van der Waals surface area contributed by atoms with Crippen LogP contribution in [0.3, 0.4) is 0 Å². The van der Waals surface area contributed by atoms with Crippen molar-refractivity contribution in [2.75, 3.05) is 0 Å². The van der Waals surface area contributed by atoms with E-state index in [2.05, 4.69) is 20.5 Å². The standard InChI is InChI=1S/C22H15BrF3N/c23-19-13-17(22(24,25)26)10-11-18(19)21-12-16-8-4-5-9-20(16)27(21)14-15-6-2-1-3-7-15/h1-13H,14H2. The van der Waals surface area contributed by atoms with Crippen molar-refractivity contribution in [3.05, 3.63) is 94.5 Å². The molecule has 27 heavy (non-hydrogen) atoms. The van der Waals surface area contributed by atoms with E-state index in [4.69, 9.17) is 0 Å². The average Bonchev–Trinajstić information content (AvgIpc) is 3.00. The fourth-order valence-electron chi connectivity index (χ4n) is 3.27. The first-order valence-electron chi connectivity index (χ1n) is 8.43. The number of benzene rings is 3. The molecule has 0 aliphatic carbocycles. The summed E-state index contributed by atoms with van der Waals surface area (Å²) in [5, 5.41) is 1.05. The van der Waals surface area contributed by atoms with Crippen LogP contribution in [0.4, 0.5) is 13.2 Å². The second-order valence-electron chi connectivity index (χ2n) is 6.35. The molecule has 4 aromatic rings. The summed E-state index contributed by atoms with van der Waals surface area (Å²) in [5.74, 6) is 0. The number of fused-ring (bicyclic) bond motifs is 1. The van der Waals surface area contributed by atoms with Gasteiger partial charge in [-0.15, -0.1) is 0 Å². The fraction of sp³-hybridized carbons (Fsp3) is 0.0909. The van der Waals surface area contributed by atoms with Gasteiger partial charge in [0.1, 0.15) is 0 Å². The van der Waals surface area contributed by atoms with Crippen LogP contribution >= 0.6 is 15.9 Å². The Hall–Kier alpha value is -2.53. The third-order valence-corrected chi connectivity index (χ3v) is 5.22. The molecular formula is C22H15BrF3N. The summed E-state index contributed by atoms with van der Waals surface area (Å²) < 4.78 is 41.6. The van der Waals surface area contributed by atoms with Gasteiger partial charge in [0, 0.05) is 27.5 Å². The molecule has 4 rings (SSSR count). The van der Waals surface area contributed by atoms with E-state index in [0.717, 1.165) is 39.9 Å². The van der Waals surface area contributed by atoms with Crippen molar-refractivity contribution in [2.45, 2.75) is 12.7 Å². The molecular weight excluding hydrogens is 415 g/mol. The van der Waals surface area contributed by atoms with Crippen molar-refractivity contribution in [1.82, 2.24) is 4.57 Å². The van der Waals surface area contributed by atoms with Gasteiger partial charge in [-0.05, 0) is 29.8 Å². The topological polar surface area (TPSA) is 4.93 Å². The average molecular weight is 430 g/mol. The summed E-state index contributed by atoms with van der Waals surface area (Å²) in [5.41, 5.74) is 3.12. The molecule has 0 bridgehead atoms. The van der Waals surface area contributed by atoms with Crippen LogP contribution in [0.5, 0.6) is 0 Å².